The van der Waals surface area contributed by atoms with Gasteiger partial charge in [-0.05, 0) is 0 Å². The highest BCUT2D eigenvalue weighted by Gasteiger charge is 2.16. The van der Waals surface area contributed by atoms with Gasteiger partial charge < -0.3 is 11.1 Å². The van der Waals surface area contributed by atoms with Gasteiger partial charge in [0.15, 0.2) is 12.0 Å². The Balaban J connectivity index is 5.12. The fourth-order valence-corrected chi connectivity index (χ4v) is 0.678. The highest BCUT2D eigenvalue weighted by atomic mass is 16.2. The molecule has 2 amide bonds. The average Bonchev–Trinajstić information content (AvgIpc) is 2.27. The summed E-state index contributed by atoms with van der Waals surface area (Å²) in [5.74, 6) is -0.721. The Kier molecular flexibility index (Phi) is 5.38. The molecule has 0 aromatic carbocycles. The largest absolute Gasteiger partial charge is 0.384 e. The number of rotatable bonds is 5. The summed E-state index contributed by atoms with van der Waals surface area (Å²) in [6.45, 7) is 0. The van der Waals surface area contributed by atoms with E-state index in [4.69, 9.17) is 5.73 Å². The van der Waals surface area contributed by atoms with Gasteiger partial charge in [-0.1, -0.05) is 0 Å². The summed E-state index contributed by atoms with van der Waals surface area (Å²) in [5, 5.41) is 2.50. The van der Waals surface area contributed by atoms with Crippen molar-refractivity contribution in [3.8, 4) is 0 Å². The normalized spacial score (nSPS) is 11.9. The zero-order chi connectivity index (χ0) is 11.8. The van der Waals surface area contributed by atoms with Crippen molar-refractivity contribution in [1.29, 1.82) is 0 Å². The molecule has 0 saturated heterocycles. The summed E-state index contributed by atoms with van der Waals surface area (Å²) in [7, 11) is 2.74. The van der Waals surface area contributed by atoms with Crippen molar-refractivity contribution >= 4 is 24.8 Å². The van der Waals surface area contributed by atoms with Crippen LogP contribution in [0.2, 0.25) is 0 Å². The minimum absolute atomic E-state index is 0.0215. The van der Waals surface area contributed by atoms with Crippen molar-refractivity contribution in [3.63, 3.8) is 0 Å². The fourth-order valence-electron chi connectivity index (χ4n) is 0.678. The van der Waals surface area contributed by atoms with Crippen LogP contribution in [0.25, 0.3) is 0 Å². The molecule has 0 fully saturated rings. The number of nitrogens with zero attached hydrogens (tertiary/aromatic N) is 2. The number of hydrogen-bond donors (Lipinski definition) is 2. The Hall–Kier alpha value is -2.18. The quantitative estimate of drug-likeness (QED) is 0.318. The van der Waals surface area contributed by atoms with Crippen LogP contribution in [0.15, 0.2) is 16.5 Å². The molecule has 0 radical (unpaired) electrons. The van der Waals surface area contributed by atoms with Crippen molar-refractivity contribution in [3.05, 3.63) is 11.5 Å². The van der Waals surface area contributed by atoms with E-state index in [1.807, 2.05) is 0 Å². The molecular formula is C8H12N4O3. The molecule has 0 saturated carbocycles. The smallest absolute Gasteiger partial charge is 0.282 e. The highest BCUT2D eigenvalue weighted by molar-refractivity contribution is 6.14. The molecule has 7 heteroatoms. The third-order valence-electron chi connectivity index (χ3n) is 1.47. The first kappa shape index (κ1) is 12.8. The Bertz CT molecular complexity index is 322. The number of likely N-dealkylation sites (N-methyl/N-ethyl adjacent to an activating group) is 1. The average molecular weight is 212 g/mol. The van der Waals surface area contributed by atoms with Crippen LogP contribution in [0.5, 0.6) is 0 Å². The Morgan fingerprint density at radius 1 is 1.47 bits per heavy atom. The zero-order valence-electron chi connectivity index (χ0n) is 8.43. The van der Waals surface area contributed by atoms with Gasteiger partial charge in [0.05, 0.1) is 6.21 Å². The van der Waals surface area contributed by atoms with Gasteiger partial charge in [0.25, 0.3) is 5.91 Å². The molecule has 15 heavy (non-hydrogen) atoms. The number of carbonyl (C=O) groups is 3. The van der Waals surface area contributed by atoms with Gasteiger partial charge in [-0.2, -0.15) is 0 Å². The minimum Gasteiger partial charge on any atom is -0.384 e. The molecule has 0 aliphatic heterocycles. The number of carbonyl (C=O) groups excluding carboxylic acids is 3. The van der Waals surface area contributed by atoms with E-state index in [0.717, 1.165) is 11.1 Å². The summed E-state index contributed by atoms with van der Waals surface area (Å²) < 4.78 is 0. The van der Waals surface area contributed by atoms with Gasteiger partial charge in [0.2, 0.25) is 6.41 Å². The molecule has 0 spiro atoms. The third kappa shape index (κ3) is 3.59. The van der Waals surface area contributed by atoms with Crippen molar-refractivity contribution in [2.75, 3.05) is 14.1 Å². The number of aldehydes is 1. The van der Waals surface area contributed by atoms with Crippen molar-refractivity contribution in [2.45, 2.75) is 0 Å². The molecule has 0 bridgehead atoms. The summed E-state index contributed by atoms with van der Waals surface area (Å²) in [6.07, 6.45) is 1.59. The number of aliphatic imine (C=N–C) groups is 1. The van der Waals surface area contributed by atoms with Gasteiger partial charge in [0.1, 0.15) is 5.82 Å². The van der Waals surface area contributed by atoms with E-state index in [-0.39, 0.29) is 11.5 Å². The lowest BCUT2D eigenvalue weighted by Crippen LogP contribution is -2.30. The van der Waals surface area contributed by atoms with Crippen molar-refractivity contribution in [2.24, 2.45) is 10.7 Å². The first-order valence-electron chi connectivity index (χ1n) is 3.96. The van der Waals surface area contributed by atoms with E-state index < -0.39 is 5.91 Å². The van der Waals surface area contributed by atoms with Gasteiger partial charge >= 0.3 is 0 Å². The Labute approximate surface area is 86.6 Å². The lowest BCUT2D eigenvalue weighted by atomic mass is 10.4. The molecular weight excluding hydrogens is 200 g/mol. The van der Waals surface area contributed by atoms with Crippen LogP contribution in [-0.2, 0) is 14.4 Å². The number of nitrogens with two attached hydrogens (primary N) is 1. The van der Waals surface area contributed by atoms with Crippen LogP contribution in [0.1, 0.15) is 0 Å². The predicted octanol–water partition coefficient (Wildman–Crippen LogP) is -1.78. The second-order valence-electron chi connectivity index (χ2n) is 2.45. The van der Waals surface area contributed by atoms with E-state index in [0.29, 0.717) is 12.7 Å². The maximum Gasteiger partial charge on any atom is 0.282 e. The molecule has 0 heterocycles. The number of nitrogens with one attached hydrogen (secondary N) is 1. The SMILES string of the molecule is CN/C(N)=C(/N=C/C=O)C(=O)N(C)C=O. The fraction of sp³-hybridized carbons (Fsp3) is 0.250. The maximum atomic E-state index is 11.5. The monoisotopic (exact) mass is 212 g/mol. The van der Waals surface area contributed by atoms with Crippen LogP contribution < -0.4 is 11.1 Å². The summed E-state index contributed by atoms with van der Waals surface area (Å²) in [6, 6.07) is 0. The lowest BCUT2D eigenvalue weighted by Gasteiger charge is -2.10. The maximum absolute atomic E-state index is 11.5. The molecule has 0 aliphatic rings. The molecule has 0 aliphatic carbocycles. The third-order valence-corrected chi connectivity index (χ3v) is 1.47. The van der Waals surface area contributed by atoms with E-state index in [2.05, 4.69) is 10.3 Å². The van der Waals surface area contributed by atoms with Crippen molar-refractivity contribution in [1.82, 2.24) is 10.2 Å². The topological polar surface area (TPSA) is 105 Å². The molecule has 3 N–H and O–H groups in total. The molecule has 0 unspecified atom stereocenters. The van der Waals surface area contributed by atoms with Gasteiger partial charge in [-0.3, -0.25) is 19.3 Å². The molecule has 82 valence electrons. The lowest BCUT2D eigenvalue weighted by molar-refractivity contribution is -0.133. The highest BCUT2D eigenvalue weighted by Crippen LogP contribution is 2.02. The second kappa shape index (κ2) is 6.30. The van der Waals surface area contributed by atoms with Crippen LogP contribution in [0.3, 0.4) is 0 Å². The van der Waals surface area contributed by atoms with E-state index in [9.17, 15) is 14.4 Å². The number of amides is 2. The Morgan fingerprint density at radius 2 is 2.07 bits per heavy atom. The van der Waals surface area contributed by atoms with Gasteiger partial charge in [-0.25, -0.2) is 4.99 Å². The van der Waals surface area contributed by atoms with E-state index >= 15 is 0 Å². The van der Waals surface area contributed by atoms with E-state index in [1.54, 1.807) is 0 Å². The Morgan fingerprint density at radius 3 is 2.47 bits per heavy atom. The molecule has 7 nitrogen and oxygen atoms in total. The second-order valence-corrected chi connectivity index (χ2v) is 2.45. The summed E-state index contributed by atoms with van der Waals surface area (Å²) >= 11 is 0. The van der Waals surface area contributed by atoms with Crippen LogP contribution in [0.4, 0.5) is 0 Å². The van der Waals surface area contributed by atoms with Crippen LogP contribution in [0, 0.1) is 0 Å². The molecule has 0 atom stereocenters. The van der Waals surface area contributed by atoms with Gasteiger partial charge in [-0.15, -0.1) is 0 Å². The minimum atomic E-state index is -0.699. The van der Waals surface area contributed by atoms with Gasteiger partial charge in [0, 0.05) is 14.1 Å². The number of hydrogen-bond acceptors (Lipinski definition) is 6. The first-order chi connectivity index (χ1) is 7.08. The van der Waals surface area contributed by atoms with Crippen molar-refractivity contribution < 1.29 is 14.4 Å². The summed E-state index contributed by atoms with van der Waals surface area (Å²) in [4.78, 5) is 36.2. The standard InChI is InChI=1S/C8H12N4O3/c1-10-7(9)6(11-3-4-13)8(15)12(2)5-14/h3-5,10H,9H2,1-2H3/b7-6+,11-3+. The number of imide groups is 1. The molecule has 0 rings (SSSR count). The predicted molar refractivity (Wildman–Crippen MR) is 53.7 cm³/mol. The molecule has 0 aromatic heterocycles. The zero-order valence-corrected chi connectivity index (χ0v) is 8.43. The molecule has 0 aromatic rings. The first-order valence-corrected chi connectivity index (χ1v) is 3.96. The summed E-state index contributed by atoms with van der Waals surface area (Å²) in [5.41, 5.74) is 5.23. The van der Waals surface area contributed by atoms with E-state index in [1.165, 1.54) is 14.1 Å². The van der Waals surface area contributed by atoms with Crippen LogP contribution >= 0.6 is 0 Å². The van der Waals surface area contributed by atoms with Crippen LogP contribution in [-0.4, -0.2) is 43.8 Å².